The van der Waals surface area contributed by atoms with E-state index in [1.54, 1.807) is 0 Å². The number of amides is 1. The Balaban J connectivity index is 1.73. The molecule has 0 spiro atoms. The molecule has 1 amide bonds. The second kappa shape index (κ2) is 7.99. The fraction of sp³-hybridized carbons (Fsp3) is 0.556. The summed E-state index contributed by atoms with van der Waals surface area (Å²) in [7, 11) is 0. The number of aryl methyl sites for hydroxylation is 3. The number of carbonyl (C=O) groups is 2. The van der Waals surface area contributed by atoms with Gasteiger partial charge in [0.2, 0.25) is 0 Å². The molecule has 23 heavy (non-hydrogen) atoms. The zero-order chi connectivity index (χ0) is 16.8. The molecule has 1 N–H and O–H groups in total. The van der Waals surface area contributed by atoms with Gasteiger partial charge in [0.15, 0.2) is 13.2 Å². The van der Waals surface area contributed by atoms with Crippen molar-refractivity contribution in [3.05, 3.63) is 28.8 Å². The van der Waals surface area contributed by atoms with Gasteiger partial charge in [0.1, 0.15) is 5.75 Å². The van der Waals surface area contributed by atoms with Crippen molar-refractivity contribution in [1.82, 2.24) is 5.32 Å². The average Bonchev–Trinajstić information content (AvgIpc) is 2.96. The maximum atomic E-state index is 11.7. The summed E-state index contributed by atoms with van der Waals surface area (Å²) in [6, 6.07) is 4.24. The van der Waals surface area contributed by atoms with E-state index in [1.807, 2.05) is 32.9 Å². The van der Waals surface area contributed by atoms with E-state index in [0.717, 1.165) is 42.4 Å². The summed E-state index contributed by atoms with van der Waals surface area (Å²) in [4.78, 5) is 23.4. The number of ether oxygens (including phenoxy) is 2. The molecule has 1 aromatic rings. The van der Waals surface area contributed by atoms with Gasteiger partial charge in [-0.2, -0.15) is 0 Å². The third kappa shape index (κ3) is 5.27. The number of nitrogens with one attached hydrogen (secondary N) is 1. The summed E-state index contributed by atoms with van der Waals surface area (Å²) in [5.41, 5.74) is 3.11. The molecule has 1 saturated carbocycles. The van der Waals surface area contributed by atoms with E-state index in [-0.39, 0.29) is 25.2 Å². The van der Waals surface area contributed by atoms with Gasteiger partial charge in [-0.15, -0.1) is 0 Å². The Labute approximate surface area is 137 Å². The first-order valence-electron chi connectivity index (χ1n) is 8.11. The Morgan fingerprint density at radius 3 is 2.30 bits per heavy atom. The summed E-state index contributed by atoms with van der Waals surface area (Å²) in [5.74, 6) is -0.0816. The van der Waals surface area contributed by atoms with Crippen LogP contribution in [-0.2, 0) is 14.3 Å². The molecule has 1 aromatic carbocycles. The number of esters is 1. The highest BCUT2D eigenvalue weighted by Crippen LogP contribution is 2.24. The van der Waals surface area contributed by atoms with Crippen LogP contribution in [0.15, 0.2) is 12.1 Å². The lowest BCUT2D eigenvalue weighted by molar-refractivity contribution is -0.150. The second-order valence-electron chi connectivity index (χ2n) is 6.23. The molecule has 5 heteroatoms. The van der Waals surface area contributed by atoms with E-state index in [9.17, 15) is 9.59 Å². The smallest absolute Gasteiger partial charge is 0.344 e. The standard InChI is InChI=1S/C18H25NO4/c1-12-8-13(2)18(14(3)9-12)23-11-17(21)22-10-16(20)19-15-6-4-5-7-15/h8-9,15H,4-7,10-11H2,1-3H3,(H,19,20). The van der Waals surface area contributed by atoms with Crippen LogP contribution in [0.4, 0.5) is 0 Å². The number of hydrogen-bond donors (Lipinski definition) is 1. The summed E-state index contributed by atoms with van der Waals surface area (Å²) in [5, 5.41) is 2.88. The minimum atomic E-state index is -0.536. The van der Waals surface area contributed by atoms with Crippen molar-refractivity contribution >= 4 is 11.9 Å². The Hall–Kier alpha value is -2.04. The van der Waals surface area contributed by atoms with Gasteiger partial charge in [-0.25, -0.2) is 4.79 Å². The molecule has 0 saturated heterocycles. The lowest BCUT2D eigenvalue weighted by atomic mass is 10.1. The monoisotopic (exact) mass is 319 g/mol. The molecule has 1 fully saturated rings. The lowest BCUT2D eigenvalue weighted by Crippen LogP contribution is -2.36. The van der Waals surface area contributed by atoms with Gasteiger partial charge in [-0.1, -0.05) is 30.5 Å². The van der Waals surface area contributed by atoms with E-state index in [2.05, 4.69) is 5.32 Å². The largest absolute Gasteiger partial charge is 0.481 e. The summed E-state index contributed by atoms with van der Waals surface area (Å²) >= 11 is 0. The van der Waals surface area contributed by atoms with E-state index >= 15 is 0 Å². The molecular weight excluding hydrogens is 294 g/mol. The fourth-order valence-corrected chi connectivity index (χ4v) is 3.05. The first-order chi connectivity index (χ1) is 11.0. The van der Waals surface area contributed by atoms with Crippen LogP contribution in [0.2, 0.25) is 0 Å². The molecule has 1 aliphatic rings. The molecule has 0 aliphatic heterocycles. The molecule has 0 bridgehead atoms. The molecule has 0 unspecified atom stereocenters. The highest BCUT2D eigenvalue weighted by molar-refractivity contribution is 5.81. The minimum Gasteiger partial charge on any atom is -0.481 e. The number of benzene rings is 1. The van der Waals surface area contributed by atoms with Crippen molar-refractivity contribution in [2.24, 2.45) is 0 Å². The van der Waals surface area contributed by atoms with E-state index in [1.165, 1.54) is 0 Å². The molecule has 126 valence electrons. The molecule has 0 aromatic heterocycles. The van der Waals surface area contributed by atoms with E-state index in [4.69, 9.17) is 9.47 Å². The molecule has 0 radical (unpaired) electrons. The van der Waals surface area contributed by atoms with Crippen LogP contribution in [0.25, 0.3) is 0 Å². The third-order valence-electron chi connectivity index (χ3n) is 4.02. The fourth-order valence-electron chi connectivity index (χ4n) is 3.05. The maximum Gasteiger partial charge on any atom is 0.344 e. The van der Waals surface area contributed by atoms with Gasteiger partial charge in [0, 0.05) is 6.04 Å². The highest BCUT2D eigenvalue weighted by Gasteiger charge is 2.18. The molecule has 0 atom stereocenters. The summed E-state index contributed by atoms with van der Waals surface area (Å²) in [6.07, 6.45) is 4.31. The van der Waals surface area contributed by atoms with Gasteiger partial charge in [0.25, 0.3) is 5.91 Å². The van der Waals surface area contributed by atoms with E-state index < -0.39 is 5.97 Å². The van der Waals surface area contributed by atoms with Crippen LogP contribution in [0.5, 0.6) is 5.75 Å². The van der Waals surface area contributed by atoms with Crippen molar-refractivity contribution < 1.29 is 19.1 Å². The SMILES string of the molecule is Cc1cc(C)c(OCC(=O)OCC(=O)NC2CCCC2)c(C)c1. The number of carbonyl (C=O) groups excluding carboxylic acids is 2. The summed E-state index contributed by atoms with van der Waals surface area (Å²) in [6.45, 7) is 5.46. The summed E-state index contributed by atoms with van der Waals surface area (Å²) < 4.78 is 10.5. The van der Waals surface area contributed by atoms with Crippen LogP contribution in [0, 0.1) is 20.8 Å². The highest BCUT2D eigenvalue weighted by atomic mass is 16.6. The first kappa shape index (κ1) is 17.3. The molecule has 0 heterocycles. The van der Waals surface area contributed by atoms with Crippen molar-refractivity contribution in [3.8, 4) is 5.75 Å². The van der Waals surface area contributed by atoms with Crippen molar-refractivity contribution in [3.63, 3.8) is 0 Å². The quantitative estimate of drug-likeness (QED) is 0.819. The van der Waals surface area contributed by atoms with Crippen LogP contribution >= 0.6 is 0 Å². The Morgan fingerprint density at radius 1 is 1.09 bits per heavy atom. The maximum absolute atomic E-state index is 11.7. The van der Waals surface area contributed by atoms with Gasteiger partial charge in [-0.05, 0) is 44.7 Å². The second-order valence-corrected chi connectivity index (χ2v) is 6.23. The normalized spacial score (nSPS) is 14.6. The molecule has 2 rings (SSSR count). The zero-order valence-electron chi connectivity index (χ0n) is 14.1. The minimum absolute atomic E-state index is 0.193. The van der Waals surface area contributed by atoms with Crippen molar-refractivity contribution in [2.75, 3.05) is 13.2 Å². The van der Waals surface area contributed by atoms with Gasteiger partial charge in [-0.3, -0.25) is 4.79 Å². The van der Waals surface area contributed by atoms with Crippen molar-refractivity contribution in [2.45, 2.75) is 52.5 Å². The third-order valence-corrected chi connectivity index (χ3v) is 4.02. The van der Waals surface area contributed by atoms with Crippen LogP contribution < -0.4 is 10.1 Å². The molecule has 5 nitrogen and oxygen atoms in total. The first-order valence-corrected chi connectivity index (χ1v) is 8.11. The van der Waals surface area contributed by atoms with Gasteiger partial charge in [0.05, 0.1) is 0 Å². The van der Waals surface area contributed by atoms with Gasteiger partial charge >= 0.3 is 5.97 Å². The van der Waals surface area contributed by atoms with E-state index in [0.29, 0.717) is 5.75 Å². The van der Waals surface area contributed by atoms with Gasteiger partial charge < -0.3 is 14.8 Å². The zero-order valence-corrected chi connectivity index (χ0v) is 14.1. The van der Waals surface area contributed by atoms with Crippen LogP contribution in [0.3, 0.4) is 0 Å². The number of rotatable bonds is 6. The molecule has 1 aliphatic carbocycles. The predicted molar refractivity (Wildman–Crippen MR) is 87.5 cm³/mol. The Morgan fingerprint density at radius 2 is 1.70 bits per heavy atom. The topological polar surface area (TPSA) is 64.6 Å². The average molecular weight is 319 g/mol. The van der Waals surface area contributed by atoms with Crippen LogP contribution in [-0.4, -0.2) is 31.1 Å². The number of hydrogen-bond acceptors (Lipinski definition) is 4. The Kier molecular flexibility index (Phi) is 6.02. The van der Waals surface area contributed by atoms with Crippen molar-refractivity contribution in [1.29, 1.82) is 0 Å². The lowest BCUT2D eigenvalue weighted by Gasteiger charge is -2.14. The Bertz CT molecular complexity index is 553. The predicted octanol–water partition coefficient (Wildman–Crippen LogP) is 2.59. The van der Waals surface area contributed by atoms with Crippen LogP contribution in [0.1, 0.15) is 42.4 Å². The molecular formula is C18H25NO4.